The first-order valence-corrected chi connectivity index (χ1v) is 31.7. The van der Waals surface area contributed by atoms with Gasteiger partial charge in [0.25, 0.3) is 0 Å². The average Bonchev–Trinajstić information content (AvgIpc) is 3.43. The van der Waals surface area contributed by atoms with Crippen LogP contribution < -0.4 is 0 Å². The Kier molecular flexibility index (Phi) is 60.4. The normalized spacial score (nSPS) is 13.0. The van der Waals surface area contributed by atoms with Crippen LogP contribution in [0.5, 0.6) is 0 Å². The molecule has 0 N–H and O–H groups in total. The molecule has 0 aromatic carbocycles. The lowest BCUT2D eigenvalue weighted by atomic mass is 10.0. The molecule has 0 amide bonds. The second kappa shape index (κ2) is 64.1. The van der Waals surface area contributed by atoms with Gasteiger partial charge in [-0.25, -0.2) is 0 Å². The van der Waals surface area contributed by atoms with Crippen molar-refractivity contribution in [1.82, 2.24) is 0 Å². The van der Waals surface area contributed by atoms with Crippen LogP contribution in [0.1, 0.15) is 278 Å². The fourth-order valence-corrected chi connectivity index (χ4v) is 8.48. The summed E-state index contributed by atoms with van der Waals surface area (Å²) >= 11 is 0. The van der Waals surface area contributed by atoms with Gasteiger partial charge in [0, 0.05) is 12.8 Å². The zero-order valence-corrected chi connectivity index (χ0v) is 49.9. The van der Waals surface area contributed by atoms with E-state index in [1.807, 2.05) is 6.08 Å². The number of ether oxygens (including phenoxy) is 3. The zero-order chi connectivity index (χ0) is 55.7. The molecule has 0 fully saturated rings. The second-order valence-electron chi connectivity index (χ2n) is 20.6. The number of hydrogen-bond acceptors (Lipinski definition) is 6. The Balaban J connectivity index is 4.28. The van der Waals surface area contributed by atoms with Crippen molar-refractivity contribution < 1.29 is 28.6 Å². The fraction of sp³-hybridized carbons (Fsp3) is 0.648. The van der Waals surface area contributed by atoms with E-state index in [1.54, 1.807) is 6.08 Å². The first kappa shape index (κ1) is 72.5. The van der Waals surface area contributed by atoms with Gasteiger partial charge >= 0.3 is 17.9 Å². The summed E-state index contributed by atoms with van der Waals surface area (Å²) in [4.78, 5) is 38.1. The lowest BCUT2D eigenvalue weighted by Crippen LogP contribution is -2.30. The molecule has 0 saturated carbocycles. The highest BCUT2D eigenvalue weighted by Crippen LogP contribution is 2.16. The number of carbonyl (C=O) groups is 3. The van der Waals surface area contributed by atoms with Gasteiger partial charge in [0.15, 0.2) is 6.10 Å². The standard InChI is InChI=1S/C71H116O6/c1-4-7-10-13-16-19-22-25-27-28-29-30-31-32-33-34-35-36-37-38-39-40-41-42-44-46-49-52-55-58-61-64-70(73)76-67-68(66-75-69(72)63-60-57-54-51-48-45-24-21-18-15-12-9-6-3)77-71(74)65-62-59-56-53-50-47-43-26-23-20-17-14-11-8-5-2/h7-8,10-11,16-17,19-21,24-27,29-30,32-33,43,50,53,59,62,68H,4-6,9,12-15,18,22-23,28,31,34-42,44-49,51-52,54-58,60-61,63-67H2,1-3H3/b10-7-,11-8-,19-16-,20-17-,24-21-,27-25-,30-29-,33-32-,43-26-,53-50-,62-59-. The summed E-state index contributed by atoms with van der Waals surface area (Å²) in [6.07, 6.45) is 90.7. The molecule has 0 bridgehead atoms. The van der Waals surface area contributed by atoms with Crippen LogP contribution in [0.4, 0.5) is 0 Å². The minimum atomic E-state index is -0.839. The summed E-state index contributed by atoms with van der Waals surface area (Å²) in [5.74, 6) is -1.06. The predicted molar refractivity (Wildman–Crippen MR) is 334 cm³/mol. The number of carbonyl (C=O) groups excluding carboxylic acids is 3. The van der Waals surface area contributed by atoms with Crippen molar-refractivity contribution in [3.8, 4) is 0 Å². The molecular weight excluding hydrogens is 949 g/mol. The highest BCUT2D eigenvalue weighted by Gasteiger charge is 2.19. The molecule has 0 aromatic rings. The fourth-order valence-electron chi connectivity index (χ4n) is 8.48. The van der Waals surface area contributed by atoms with Gasteiger partial charge in [0.1, 0.15) is 13.2 Å². The Morgan fingerprint density at radius 3 is 0.870 bits per heavy atom. The molecule has 6 heteroatoms. The van der Waals surface area contributed by atoms with Crippen LogP contribution in [0.2, 0.25) is 0 Å². The first-order valence-electron chi connectivity index (χ1n) is 31.7. The number of unbranched alkanes of at least 4 members (excludes halogenated alkanes) is 24. The van der Waals surface area contributed by atoms with Gasteiger partial charge in [-0.15, -0.1) is 0 Å². The van der Waals surface area contributed by atoms with E-state index < -0.39 is 12.1 Å². The third-order valence-corrected chi connectivity index (χ3v) is 13.2. The van der Waals surface area contributed by atoms with Gasteiger partial charge in [-0.2, -0.15) is 0 Å². The maximum absolute atomic E-state index is 12.8. The summed E-state index contributed by atoms with van der Waals surface area (Å²) in [6, 6.07) is 0. The molecule has 436 valence electrons. The Morgan fingerprint density at radius 2 is 0.545 bits per heavy atom. The molecule has 0 spiro atoms. The van der Waals surface area contributed by atoms with E-state index in [0.29, 0.717) is 12.8 Å². The van der Waals surface area contributed by atoms with Crippen LogP contribution in [0, 0.1) is 0 Å². The number of rotatable bonds is 56. The van der Waals surface area contributed by atoms with Crippen LogP contribution in [0.25, 0.3) is 0 Å². The van der Waals surface area contributed by atoms with Gasteiger partial charge in [0.05, 0.1) is 6.42 Å². The minimum absolute atomic E-state index is 0.0922. The van der Waals surface area contributed by atoms with Crippen molar-refractivity contribution in [3.05, 3.63) is 134 Å². The molecule has 0 aliphatic rings. The third-order valence-electron chi connectivity index (χ3n) is 13.2. The average molecular weight is 1070 g/mol. The lowest BCUT2D eigenvalue weighted by Gasteiger charge is -2.18. The van der Waals surface area contributed by atoms with Crippen LogP contribution in [-0.4, -0.2) is 37.2 Å². The van der Waals surface area contributed by atoms with Crippen molar-refractivity contribution in [1.29, 1.82) is 0 Å². The van der Waals surface area contributed by atoms with Crippen LogP contribution >= 0.6 is 0 Å². The van der Waals surface area contributed by atoms with Crippen LogP contribution in [0.15, 0.2) is 134 Å². The van der Waals surface area contributed by atoms with E-state index >= 15 is 0 Å². The SMILES string of the molecule is CC/C=C\C/C=C\C/C=C\C/C=C\C/C=C\CCCCCCCCCCCCCCCCCC(=O)OCC(COC(=O)CCCCCCC/C=C\CCCCCC)OC(=O)C/C=C\C/C=C\C/C=C\C/C=C\C/C=C\CC. The largest absolute Gasteiger partial charge is 0.462 e. The van der Waals surface area contributed by atoms with Crippen LogP contribution in [-0.2, 0) is 28.6 Å². The van der Waals surface area contributed by atoms with Gasteiger partial charge < -0.3 is 14.2 Å². The maximum atomic E-state index is 12.8. The Hall–Kier alpha value is -4.45. The molecule has 1 unspecified atom stereocenters. The molecule has 0 aromatic heterocycles. The monoisotopic (exact) mass is 1060 g/mol. The molecule has 77 heavy (non-hydrogen) atoms. The molecule has 0 saturated heterocycles. The van der Waals surface area contributed by atoms with E-state index in [2.05, 4.69) is 142 Å². The Morgan fingerprint density at radius 1 is 0.286 bits per heavy atom. The predicted octanol–water partition coefficient (Wildman–Crippen LogP) is 21.8. The van der Waals surface area contributed by atoms with Crippen molar-refractivity contribution in [2.45, 2.75) is 284 Å². The van der Waals surface area contributed by atoms with Crippen LogP contribution in [0.3, 0.4) is 0 Å². The van der Waals surface area contributed by atoms with E-state index in [0.717, 1.165) is 116 Å². The van der Waals surface area contributed by atoms with Crippen molar-refractivity contribution >= 4 is 17.9 Å². The summed E-state index contributed by atoms with van der Waals surface area (Å²) in [7, 11) is 0. The third kappa shape index (κ3) is 62.3. The molecular formula is C71H116O6. The molecule has 1 atom stereocenters. The highest BCUT2D eigenvalue weighted by atomic mass is 16.6. The Bertz CT molecular complexity index is 1650. The summed E-state index contributed by atoms with van der Waals surface area (Å²) in [5, 5.41) is 0. The maximum Gasteiger partial charge on any atom is 0.310 e. The summed E-state index contributed by atoms with van der Waals surface area (Å²) < 4.78 is 16.8. The van der Waals surface area contributed by atoms with E-state index in [9.17, 15) is 14.4 Å². The smallest absolute Gasteiger partial charge is 0.310 e. The second-order valence-corrected chi connectivity index (χ2v) is 20.6. The molecule has 6 nitrogen and oxygen atoms in total. The van der Waals surface area contributed by atoms with Gasteiger partial charge in [0.2, 0.25) is 0 Å². The molecule has 0 heterocycles. The lowest BCUT2D eigenvalue weighted by molar-refractivity contribution is -0.166. The minimum Gasteiger partial charge on any atom is -0.462 e. The van der Waals surface area contributed by atoms with E-state index in [1.165, 1.54) is 122 Å². The van der Waals surface area contributed by atoms with E-state index in [-0.39, 0.29) is 31.6 Å². The van der Waals surface area contributed by atoms with Gasteiger partial charge in [-0.05, 0) is 116 Å². The zero-order valence-electron chi connectivity index (χ0n) is 49.9. The molecule has 0 aliphatic carbocycles. The highest BCUT2D eigenvalue weighted by molar-refractivity contribution is 5.72. The number of allylic oxidation sites excluding steroid dienone is 21. The summed E-state index contributed by atoms with van der Waals surface area (Å²) in [5.41, 5.74) is 0. The van der Waals surface area contributed by atoms with Gasteiger partial charge in [-0.3, -0.25) is 14.4 Å². The van der Waals surface area contributed by atoms with Gasteiger partial charge in [-0.1, -0.05) is 276 Å². The van der Waals surface area contributed by atoms with Crippen molar-refractivity contribution in [2.75, 3.05) is 13.2 Å². The quantitative estimate of drug-likeness (QED) is 0.0261. The summed E-state index contributed by atoms with van der Waals surface area (Å²) in [6.45, 7) is 6.31. The first-order chi connectivity index (χ1) is 38.0. The molecule has 0 aliphatic heterocycles. The number of hydrogen-bond donors (Lipinski definition) is 0. The number of esters is 3. The van der Waals surface area contributed by atoms with E-state index in [4.69, 9.17) is 14.2 Å². The molecule has 0 rings (SSSR count). The van der Waals surface area contributed by atoms with Crippen molar-refractivity contribution in [2.24, 2.45) is 0 Å². The molecule has 0 radical (unpaired) electrons. The van der Waals surface area contributed by atoms with Crippen molar-refractivity contribution in [3.63, 3.8) is 0 Å². The topological polar surface area (TPSA) is 78.9 Å². The Labute approximate surface area is 475 Å².